The molecular formula is C16H21F3N3O3P. The lowest BCUT2D eigenvalue weighted by molar-refractivity contribution is -0.159. The number of nitrogens with zero attached hydrogens (tertiary/aromatic N) is 2. The molecule has 1 unspecified atom stereocenters. The van der Waals surface area contributed by atoms with Crippen molar-refractivity contribution >= 4 is 7.52 Å². The van der Waals surface area contributed by atoms with E-state index in [-0.39, 0.29) is 12.0 Å². The fraction of sp³-hybridized carbons (Fsp3) is 0.500. The van der Waals surface area contributed by atoms with E-state index in [0.29, 0.717) is 24.6 Å². The van der Waals surface area contributed by atoms with Crippen LogP contribution in [0.1, 0.15) is 32.2 Å². The summed E-state index contributed by atoms with van der Waals surface area (Å²) in [5.74, 6) is -1.24. The minimum Gasteiger partial charge on any atom is -0.329 e. The van der Waals surface area contributed by atoms with Crippen molar-refractivity contribution in [1.29, 1.82) is 0 Å². The molecule has 0 spiro atoms. The van der Waals surface area contributed by atoms with Crippen LogP contribution in [0.2, 0.25) is 0 Å². The van der Waals surface area contributed by atoms with Gasteiger partial charge in [0.05, 0.1) is 12.8 Å². The molecule has 144 valence electrons. The first kappa shape index (κ1) is 20.6. The Labute approximate surface area is 149 Å². The maximum atomic E-state index is 12.9. The smallest absolute Gasteiger partial charge is 0.329 e. The van der Waals surface area contributed by atoms with E-state index < -0.39 is 19.6 Å². The summed E-state index contributed by atoms with van der Waals surface area (Å²) in [6.45, 7) is 6.62. The second-order valence-electron chi connectivity index (χ2n) is 6.12. The van der Waals surface area contributed by atoms with Crippen LogP contribution in [0, 0.1) is 5.92 Å². The molecule has 1 heterocycles. The van der Waals surface area contributed by atoms with E-state index in [9.17, 15) is 17.7 Å². The second kappa shape index (κ2) is 8.33. The summed E-state index contributed by atoms with van der Waals surface area (Å²) in [5, 5.41) is 6.32. The molecule has 0 radical (unpaired) electrons. The summed E-state index contributed by atoms with van der Waals surface area (Å²) >= 11 is 0. The quantitative estimate of drug-likeness (QED) is 0.656. The number of aromatic nitrogens is 2. The highest BCUT2D eigenvalue weighted by atomic mass is 31.2. The molecule has 0 amide bonds. The van der Waals surface area contributed by atoms with Crippen LogP contribution in [0.4, 0.5) is 13.2 Å². The Morgan fingerprint density at radius 2 is 1.92 bits per heavy atom. The first-order valence-electron chi connectivity index (χ1n) is 8.12. The lowest BCUT2D eigenvalue weighted by Crippen LogP contribution is -2.19. The van der Waals surface area contributed by atoms with Gasteiger partial charge in [-0.1, -0.05) is 43.3 Å². The topological polar surface area (TPSA) is 77.2 Å². The second-order valence-corrected chi connectivity index (χ2v) is 8.36. The van der Waals surface area contributed by atoms with Gasteiger partial charge in [-0.15, -0.1) is 0 Å². The summed E-state index contributed by atoms with van der Waals surface area (Å²) in [4.78, 5) is 3.34. The van der Waals surface area contributed by atoms with Crippen molar-refractivity contribution in [3.05, 3.63) is 35.7 Å². The third-order valence-electron chi connectivity index (χ3n) is 3.35. The molecule has 0 fully saturated rings. The Bertz CT molecular complexity index is 760. The largest absolute Gasteiger partial charge is 0.471 e. The van der Waals surface area contributed by atoms with Crippen molar-refractivity contribution in [3.63, 3.8) is 0 Å². The average molecular weight is 391 g/mol. The fourth-order valence-corrected chi connectivity index (χ4v) is 4.18. The molecule has 0 saturated carbocycles. The van der Waals surface area contributed by atoms with Crippen molar-refractivity contribution in [1.82, 2.24) is 15.2 Å². The van der Waals surface area contributed by atoms with E-state index >= 15 is 0 Å². The highest BCUT2D eigenvalue weighted by Crippen LogP contribution is 2.46. The van der Waals surface area contributed by atoms with Crippen LogP contribution in [0.25, 0.3) is 11.4 Å². The van der Waals surface area contributed by atoms with Gasteiger partial charge in [0.1, 0.15) is 0 Å². The van der Waals surface area contributed by atoms with Crippen LogP contribution in [-0.2, 0) is 21.4 Å². The van der Waals surface area contributed by atoms with Crippen LogP contribution in [-0.4, -0.2) is 23.3 Å². The van der Waals surface area contributed by atoms with Gasteiger partial charge >= 0.3 is 12.1 Å². The molecule has 0 saturated heterocycles. The summed E-state index contributed by atoms with van der Waals surface area (Å²) in [6, 6.07) is 6.42. The van der Waals surface area contributed by atoms with E-state index in [0.717, 1.165) is 5.56 Å². The van der Waals surface area contributed by atoms with Crippen LogP contribution in [0.3, 0.4) is 0 Å². The molecule has 26 heavy (non-hydrogen) atoms. The molecule has 1 aromatic heterocycles. The average Bonchev–Trinajstić information content (AvgIpc) is 3.04. The van der Waals surface area contributed by atoms with E-state index in [4.69, 9.17) is 4.52 Å². The van der Waals surface area contributed by atoms with Crippen LogP contribution in [0.15, 0.2) is 28.8 Å². The highest BCUT2D eigenvalue weighted by Gasteiger charge is 2.38. The Morgan fingerprint density at radius 3 is 2.42 bits per heavy atom. The van der Waals surface area contributed by atoms with E-state index in [1.165, 1.54) is 0 Å². The molecule has 0 aliphatic heterocycles. The molecule has 6 nitrogen and oxygen atoms in total. The molecule has 0 aliphatic rings. The maximum absolute atomic E-state index is 12.9. The van der Waals surface area contributed by atoms with Gasteiger partial charge in [0.25, 0.3) is 7.52 Å². The first-order chi connectivity index (χ1) is 12.1. The molecule has 1 aromatic carbocycles. The molecule has 2 rings (SSSR count). The van der Waals surface area contributed by atoms with Crippen LogP contribution in [0.5, 0.6) is 0 Å². The van der Waals surface area contributed by atoms with Gasteiger partial charge in [-0.25, -0.2) is 5.09 Å². The Hall–Kier alpha value is -1.70. The van der Waals surface area contributed by atoms with Gasteiger partial charge in [0.15, 0.2) is 0 Å². The summed E-state index contributed by atoms with van der Waals surface area (Å²) in [7, 11) is -3.05. The van der Waals surface area contributed by atoms with Crippen molar-refractivity contribution < 1.29 is 26.8 Å². The van der Waals surface area contributed by atoms with Crippen LogP contribution >= 0.6 is 7.52 Å². The molecular weight excluding hydrogens is 370 g/mol. The van der Waals surface area contributed by atoms with Gasteiger partial charge < -0.3 is 9.05 Å². The predicted octanol–water partition coefficient (Wildman–Crippen LogP) is 4.73. The Kier molecular flexibility index (Phi) is 6.60. The minimum absolute atomic E-state index is 0.158. The molecule has 0 bridgehead atoms. The number of hydrogen-bond acceptors (Lipinski definition) is 5. The first-order valence-corrected chi connectivity index (χ1v) is 9.93. The van der Waals surface area contributed by atoms with Gasteiger partial charge in [-0.05, 0) is 18.4 Å². The van der Waals surface area contributed by atoms with E-state index in [1.54, 1.807) is 31.2 Å². The van der Waals surface area contributed by atoms with Crippen molar-refractivity contribution in [2.45, 2.75) is 33.1 Å². The van der Waals surface area contributed by atoms with Crippen molar-refractivity contribution in [2.24, 2.45) is 5.92 Å². The van der Waals surface area contributed by atoms with E-state index in [1.807, 2.05) is 13.8 Å². The van der Waals surface area contributed by atoms with Crippen LogP contribution < -0.4 is 5.09 Å². The minimum atomic E-state index is -4.68. The number of benzene rings is 1. The zero-order valence-electron chi connectivity index (χ0n) is 14.7. The number of halogens is 3. The normalized spacial score (nSPS) is 14.6. The van der Waals surface area contributed by atoms with Gasteiger partial charge in [0, 0.05) is 12.1 Å². The Morgan fingerprint density at radius 1 is 1.27 bits per heavy atom. The zero-order chi connectivity index (χ0) is 19.4. The van der Waals surface area contributed by atoms with Gasteiger partial charge in [0.2, 0.25) is 5.82 Å². The molecule has 2 aromatic rings. The molecule has 1 atom stereocenters. The third-order valence-corrected chi connectivity index (χ3v) is 5.47. The SMILES string of the molecule is CCOP(=O)(Cc1ccc(-c2noc(C(F)(F)F)n2)cc1)NCC(C)C. The van der Waals surface area contributed by atoms with Crippen molar-refractivity contribution in [3.8, 4) is 11.4 Å². The van der Waals surface area contributed by atoms with Gasteiger partial charge in [-0.3, -0.25) is 4.57 Å². The lowest BCUT2D eigenvalue weighted by Gasteiger charge is -2.20. The zero-order valence-corrected chi connectivity index (χ0v) is 15.6. The number of nitrogens with one attached hydrogen (secondary N) is 1. The van der Waals surface area contributed by atoms with E-state index in [2.05, 4.69) is 19.8 Å². The third kappa shape index (κ3) is 5.65. The number of hydrogen-bond donors (Lipinski definition) is 1. The maximum Gasteiger partial charge on any atom is 0.471 e. The summed E-state index contributed by atoms with van der Waals surface area (Å²) in [5.41, 5.74) is 1.09. The summed E-state index contributed by atoms with van der Waals surface area (Å²) < 4.78 is 60.1. The number of rotatable bonds is 8. The summed E-state index contributed by atoms with van der Waals surface area (Å²) in [6.07, 6.45) is -4.51. The standard InChI is InChI=1S/C16H21F3N3O3P/c1-4-24-26(23,20-9-11(2)3)10-12-5-7-13(8-6-12)14-21-15(25-22-14)16(17,18)19/h5-8,11H,4,9-10H2,1-3H3,(H,20,23). The fourth-order valence-electron chi connectivity index (χ4n) is 2.13. The monoisotopic (exact) mass is 391 g/mol. The predicted molar refractivity (Wildman–Crippen MR) is 90.5 cm³/mol. The molecule has 10 heteroatoms. The molecule has 0 aliphatic carbocycles. The van der Waals surface area contributed by atoms with Gasteiger partial charge in [-0.2, -0.15) is 18.2 Å². The highest BCUT2D eigenvalue weighted by molar-refractivity contribution is 7.56. The Balaban J connectivity index is 2.12. The molecule has 1 N–H and O–H groups in total. The number of alkyl halides is 3. The van der Waals surface area contributed by atoms with Crippen molar-refractivity contribution in [2.75, 3.05) is 13.2 Å². The lowest BCUT2D eigenvalue weighted by atomic mass is 10.1.